The molecule has 1 fully saturated rings. The van der Waals surface area contributed by atoms with Gasteiger partial charge in [-0.2, -0.15) is 23.0 Å². The summed E-state index contributed by atoms with van der Waals surface area (Å²) in [6, 6.07) is 7.23. The van der Waals surface area contributed by atoms with Gasteiger partial charge in [0.25, 0.3) is 5.56 Å². The van der Waals surface area contributed by atoms with Crippen LogP contribution in [0.5, 0.6) is 0 Å². The molecule has 1 saturated heterocycles. The third-order valence-corrected chi connectivity index (χ3v) is 6.13. The van der Waals surface area contributed by atoms with Crippen molar-refractivity contribution in [2.75, 3.05) is 18.0 Å². The maximum absolute atomic E-state index is 13.9. The summed E-state index contributed by atoms with van der Waals surface area (Å²) in [4.78, 5) is 19.2. The number of aliphatic hydroxyl groups is 1. The second-order valence-electron chi connectivity index (χ2n) is 8.21. The van der Waals surface area contributed by atoms with Crippen molar-refractivity contribution >= 4 is 5.69 Å². The number of rotatable bonds is 3. The lowest BCUT2D eigenvalue weighted by molar-refractivity contribution is -0.137. The molecular formula is C23H21F3N4O2. The molecule has 1 atom stereocenters. The first-order valence-electron chi connectivity index (χ1n) is 10.5. The van der Waals surface area contributed by atoms with Crippen LogP contribution in [-0.2, 0) is 19.0 Å². The van der Waals surface area contributed by atoms with Crippen molar-refractivity contribution in [1.29, 1.82) is 0 Å². The van der Waals surface area contributed by atoms with Crippen molar-refractivity contribution < 1.29 is 18.3 Å². The maximum Gasteiger partial charge on any atom is 0.418 e. The van der Waals surface area contributed by atoms with Crippen LogP contribution in [0.4, 0.5) is 18.9 Å². The first-order valence-corrected chi connectivity index (χ1v) is 10.5. The quantitative estimate of drug-likeness (QED) is 0.674. The topological polar surface area (TPSA) is 71.2 Å². The average Bonchev–Trinajstić information content (AvgIpc) is 3.43. The smallest absolute Gasteiger partial charge is 0.391 e. The van der Waals surface area contributed by atoms with Crippen LogP contribution >= 0.6 is 0 Å². The summed E-state index contributed by atoms with van der Waals surface area (Å²) in [5.74, 6) is 0. The molecule has 9 heteroatoms. The summed E-state index contributed by atoms with van der Waals surface area (Å²) in [7, 11) is 0. The Kier molecular flexibility index (Phi) is 5.00. The van der Waals surface area contributed by atoms with Gasteiger partial charge >= 0.3 is 6.18 Å². The van der Waals surface area contributed by atoms with Crippen LogP contribution < -0.4 is 10.5 Å². The van der Waals surface area contributed by atoms with Gasteiger partial charge in [-0.05, 0) is 61.6 Å². The first-order chi connectivity index (χ1) is 15.3. The first kappa shape index (κ1) is 20.7. The van der Waals surface area contributed by atoms with Gasteiger partial charge in [0.1, 0.15) is 0 Å². The number of nitrogens with zero attached hydrogens (tertiary/aromatic N) is 4. The lowest BCUT2D eigenvalue weighted by Gasteiger charge is -2.22. The number of pyridine rings is 1. The van der Waals surface area contributed by atoms with Crippen LogP contribution in [0.25, 0.3) is 16.9 Å². The highest BCUT2D eigenvalue weighted by Crippen LogP contribution is 2.37. The molecule has 0 radical (unpaired) electrons. The summed E-state index contributed by atoms with van der Waals surface area (Å²) in [5.41, 5.74) is 1.20. The van der Waals surface area contributed by atoms with Gasteiger partial charge in [-0.3, -0.25) is 9.78 Å². The molecule has 3 heterocycles. The fourth-order valence-electron chi connectivity index (χ4n) is 4.58. The van der Waals surface area contributed by atoms with Crippen molar-refractivity contribution in [2.45, 2.75) is 38.0 Å². The SMILES string of the molecule is O=c1c2c(c(-c3cccnc3)nn1-c1cc(N3CCC(O)C3)ccc1C(F)(F)F)CCC2. The fourth-order valence-corrected chi connectivity index (χ4v) is 4.58. The Morgan fingerprint density at radius 2 is 1.94 bits per heavy atom. The standard InChI is InChI=1S/C23H21F3N4O2/c24-23(25,26)19-7-6-15(29-10-8-16(31)13-29)11-20(19)30-22(32)18-5-1-4-17(18)21(28-30)14-3-2-9-27-12-14/h2-3,6-7,9,11-12,16,31H,1,4-5,8,10,13H2. The molecular weight excluding hydrogens is 421 g/mol. The van der Waals surface area contributed by atoms with Gasteiger partial charge in [0.15, 0.2) is 0 Å². The van der Waals surface area contributed by atoms with E-state index in [1.54, 1.807) is 24.5 Å². The lowest BCUT2D eigenvalue weighted by atomic mass is 10.1. The predicted molar refractivity (Wildman–Crippen MR) is 113 cm³/mol. The molecule has 0 saturated carbocycles. The Labute approximate surface area is 182 Å². The molecule has 5 rings (SSSR count). The molecule has 0 spiro atoms. The van der Waals surface area contributed by atoms with Gasteiger partial charge in [-0.15, -0.1) is 0 Å². The third-order valence-electron chi connectivity index (χ3n) is 6.13. The molecule has 1 aliphatic heterocycles. The number of alkyl halides is 3. The van der Waals surface area contributed by atoms with Gasteiger partial charge in [0, 0.05) is 42.3 Å². The number of halogens is 3. The summed E-state index contributed by atoms with van der Waals surface area (Å²) < 4.78 is 42.7. The summed E-state index contributed by atoms with van der Waals surface area (Å²) in [6.45, 7) is 0.859. The highest BCUT2D eigenvalue weighted by Gasteiger charge is 2.36. The number of aliphatic hydroxyl groups excluding tert-OH is 1. The minimum atomic E-state index is -4.66. The Bertz CT molecular complexity index is 1220. The molecule has 6 nitrogen and oxygen atoms in total. The molecule has 1 aromatic carbocycles. The van der Waals surface area contributed by atoms with Gasteiger partial charge in [0.05, 0.1) is 23.0 Å². The molecule has 0 amide bonds. The van der Waals surface area contributed by atoms with Crippen LogP contribution in [0.2, 0.25) is 0 Å². The zero-order valence-corrected chi connectivity index (χ0v) is 17.1. The van der Waals surface area contributed by atoms with E-state index in [9.17, 15) is 23.1 Å². The maximum atomic E-state index is 13.9. The second kappa shape index (κ2) is 7.74. The van der Waals surface area contributed by atoms with Gasteiger partial charge in [-0.25, -0.2) is 0 Å². The van der Waals surface area contributed by atoms with Crippen LogP contribution in [-0.4, -0.2) is 39.1 Å². The molecule has 3 aromatic rings. The number of β-amino-alcohol motifs (C(OH)–C–C–N with tert-alkyl or cyclic N) is 1. The van der Waals surface area contributed by atoms with Gasteiger partial charge in [-0.1, -0.05) is 0 Å². The second-order valence-corrected chi connectivity index (χ2v) is 8.21. The average molecular weight is 442 g/mol. The van der Waals surface area contributed by atoms with Crippen LogP contribution in [0.15, 0.2) is 47.5 Å². The lowest BCUT2D eigenvalue weighted by Crippen LogP contribution is -2.29. The van der Waals surface area contributed by atoms with E-state index in [0.717, 1.165) is 22.7 Å². The molecule has 0 bridgehead atoms. The number of hydrogen-bond acceptors (Lipinski definition) is 5. The van der Waals surface area contributed by atoms with Crippen molar-refractivity contribution in [3.05, 3.63) is 69.8 Å². The van der Waals surface area contributed by atoms with Gasteiger partial charge < -0.3 is 10.0 Å². The van der Waals surface area contributed by atoms with E-state index in [-0.39, 0.29) is 5.69 Å². The van der Waals surface area contributed by atoms with E-state index in [1.165, 1.54) is 12.1 Å². The minimum Gasteiger partial charge on any atom is -0.391 e. The van der Waals surface area contributed by atoms with Crippen LogP contribution in [0.3, 0.4) is 0 Å². The Hall–Kier alpha value is -3.20. The summed E-state index contributed by atoms with van der Waals surface area (Å²) in [6.07, 6.45) is 0.466. The van der Waals surface area contributed by atoms with Crippen LogP contribution in [0, 0.1) is 0 Å². The Balaban J connectivity index is 1.74. The molecule has 1 unspecified atom stereocenters. The van der Waals surface area contributed by atoms with Crippen LogP contribution in [0.1, 0.15) is 29.5 Å². The zero-order valence-electron chi connectivity index (χ0n) is 17.1. The normalized spacial score (nSPS) is 18.2. The molecule has 166 valence electrons. The third kappa shape index (κ3) is 3.56. The van der Waals surface area contributed by atoms with Crippen molar-refractivity contribution in [3.63, 3.8) is 0 Å². The highest BCUT2D eigenvalue weighted by molar-refractivity contribution is 5.65. The molecule has 2 aromatic heterocycles. The van der Waals surface area contributed by atoms with Crippen molar-refractivity contribution in [2.24, 2.45) is 0 Å². The number of fused-ring (bicyclic) bond motifs is 1. The predicted octanol–water partition coefficient (Wildman–Crippen LogP) is 3.37. The van der Waals surface area contributed by atoms with Crippen molar-refractivity contribution in [1.82, 2.24) is 14.8 Å². The largest absolute Gasteiger partial charge is 0.418 e. The Morgan fingerprint density at radius 1 is 1.12 bits per heavy atom. The minimum absolute atomic E-state index is 0.304. The van der Waals surface area contributed by atoms with E-state index in [4.69, 9.17) is 0 Å². The Morgan fingerprint density at radius 3 is 2.62 bits per heavy atom. The molecule has 1 N–H and O–H groups in total. The zero-order chi connectivity index (χ0) is 22.5. The highest BCUT2D eigenvalue weighted by atomic mass is 19.4. The van der Waals surface area contributed by atoms with E-state index in [0.29, 0.717) is 54.9 Å². The summed E-state index contributed by atoms with van der Waals surface area (Å²) >= 11 is 0. The number of benzene rings is 1. The number of aromatic nitrogens is 3. The monoisotopic (exact) mass is 442 g/mol. The van der Waals surface area contributed by atoms with Crippen molar-refractivity contribution in [3.8, 4) is 16.9 Å². The summed E-state index contributed by atoms with van der Waals surface area (Å²) in [5, 5.41) is 14.3. The van der Waals surface area contributed by atoms with E-state index < -0.39 is 23.4 Å². The van der Waals surface area contributed by atoms with E-state index in [1.807, 2.05) is 4.90 Å². The number of hydrogen-bond donors (Lipinski definition) is 1. The van der Waals surface area contributed by atoms with Gasteiger partial charge in [0.2, 0.25) is 0 Å². The molecule has 32 heavy (non-hydrogen) atoms. The van der Waals surface area contributed by atoms with E-state index >= 15 is 0 Å². The molecule has 1 aliphatic carbocycles. The van der Waals surface area contributed by atoms with E-state index in [2.05, 4.69) is 10.1 Å². The molecule has 2 aliphatic rings. The number of anilines is 1. The fraction of sp³-hybridized carbons (Fsp3) is 0.348.